The number of pyridine rings is 1. The maximum atomic E-state index is 15.5. The van der Waals surface area contributed by atoms with Crippen molar-refractivity contribution in [2.24, 2.45) is 13.0 Å². The zero-order valence-electron chi connectivity index (χ0n) is 31.6. The van der Waals surface area contributed by atoms with E-state index in [1.807, 2.05) is 0 Å². The smallest absolute Gasteiger partial charge is 0.363 e. The molecule has 9 nitrogen and oxygen atoms in total. The molecule has 1 N–H and O–H groups in total. The molecule has 310 valence electrons. The quantitative estimate of drug-likeness (QED) is 0.0904. The lowest BCUT2D eigenvalue weighted by molar-refractivity contribution is -0.142. The molecule has 0 amide bonds. The van der Waals surface area contributed by atoms with Crippen LogP contribution in [-0.2, 0) is 56.9 Å². The number of aromatic nitrogens is 5. The second-order valence-electron chi connectivity index (χ2n) is 15.4. The topological polar surface area (TPSA) is 104 Å². The molecule has 0 radical (unpaired) electrons. The molecule has 1 saturated carbocycles. The van der Waals surface area contributed by atoms with Gasteiger partial charge >= 0.3 is 6.18 Å². The fourth-order valence-electron chi connectivity index (χ4n) is 8.34. The maximum Gasteiger partial charge on any atom is 0.435 e. The van der Waals surface area contributed by atoms with Crippen LogP contribution >= 0.6 is 11.6 Å². The highest BCUT2D eigenvalue weighted by atomic mass is 35.5. The van der Waals surface area contributed by atoms with E-state index in [1.54, 1.807) is 36.0 Å². The Hall–Kier alpha value is -4.76. The molecular formula is C41H36ClF7N6O3S. The van der Waals surface area contributed by atoms with Crippen molar-refractivity contribution in [3.05, 3.63) is 98.7 Å². The minimum Gasteiger partial charge on any atom is -0.363 e. The first-order valence-electron chi connectivity index (χ1n) is 18.6. The molecule has 59 heavy (non-hydrogen) atoms. The standard InChI is InChI=1S/C41H36ClF7N6O3S/c1-54-37-29(8-9-32(42)35(37)33(52-54)20-59(2,3)57)28-7-5-25(4-6-27-18-50-10-11-58-27)51-36(28)22(12-21-13-23(43)16-24(44)14-21)15-26(56)19-55-39-34(38(53-55)41(47,48)49)30-17-31(30)40(39,45)46/h5,7-9,13-14,16,22,27,30-31,50H,2,10-12,15,17-20H2,1,3H3/t22-,27?,30+,31-,59?/m1/s1. The van der Waals surface area contributed by atoms with Gasteiger partial charge in [0.25, 0.3) is 5.92 Å². The number of Topliss-reactive ketones (excluding diaryl/α,β-unsaturated/α-hetero) is 1. The van der Waals surface area contributed by atoms with Gasteiger partial charge in [0.2, 0.25) is 0 Å². The number of carbonyl (C=O) groups excluding carboxylic acids is 1. The zero-order chi connectivity index (χ0) is 42.2. The highest BCUT2D eigenvalue weighted by Crippen LogP contribution is 2.68. The van der Waals surface area contributed by atoms with Crippen LogP contribution in [0.5, 0.6) is 0 Å². The Kier molecular flexibility index (Phi) is 10.5. The number of rotatable bonds is 10. The summed E-state index contributed by atoms with van der Waals surface area (Å²) >= 11 is 6.73. The third kappa shape index (κ3) is 8.12. The summed E-state index contributed by atoms with van der Waals surface area (Å²) < 4.78 is 123. The molecular weight excluding hydrogens is 825 g/mol. The number of nitrogens with zero attached hydrogens (tertiary/aromatic N) is 5. The number of carbonyl (C=O) groups is 1. The number of benzene rings is 2. The van der Waals surface area contributed by atoms with Gasteiger partial charge in [0.05, 0.1) is 34.3 Å². The molecule has 5 atom stereocenters. The van der Waals surface area contributed by atoms with E-state index in [9.17, 15) is 31.0 Å². The van der Waals surface area contributed by atoms with Crippen LogP contribution in [0.3, 0.4) is 0 Å². The largest absolute Gasteiger partial charge is 0.435 e. The van der Waals surface area contributed by atoms with Gasteiger partial charge in [-0.25, -0.2) is 13.8 Å². The first kappa shape index (κ1) is 41.0. The average molecular weight is 861 g/mol. The van der Waals surface area contributed by atoms with Gasteiger partial charge in [-0.05, 0) is 76.0 Å². The minimum absolute atomic E-state index is 0.00122. The van der Waals surface area contributed by atoms with Crippen LogP contribution in [-0.4, -0.2) is 72.5 Å². The maximum absolute atomic E-state index is 15.5. The van der Waals surface area contributed by atoms with Crippen molar-refractivity contribution in [2.75, 3.05) is 26.0 Å². The van der Waals surface area contributed by atoms with Crippen LogP contribution in [0.1, 0.15) is 64.3 Å². The van der Waals surface area contributed by atoms with Crippen LogP contribution in [0.15, 0.2) is 42.5 Å². The Balaban J connectivity index is 1.27. The molecule has 8 rings (SSSR count). The number of ketones is 1. The van der Waals surface area contributed by atoms with Gasteiger partial charge in [-0.15, -0.1) is 0 Å². The summed E-state index contributed by atoms with van der Waals surface area (Å²) in [4.78, 5) is 19.0. The summed E-state index contributed by atoms with van der Waals surface area (Å²) in [6, 6.07) is 9.46. The molecule has 1 aliphatic heterocycles. The highest BCUT2D eigenvalue weighted by Gasteiger charge is 2.68. The van der Waals surface area contributed by atoms with E-state index in [4.69, 9.17) is 21.3 Å². The van der Waals surface area contributed by atoms with E-state index in [1.165, 1.54) is 6.26 Å². The van der Waals surface area contributed by atoms with Gasteiger partial charge in [0.15, 0.2) is 11.5 Å². The Morgan fingerprint density at radius 2 is 1.86 bits per heavy atom. The highest BCUT2D eigenvalue weighted by molar-refractivity contribution is 7.98. The Labute approximate surface area is 339 Å². The van der Waals surface area contributed by atoms with Crippen LogP contribution in [0.4, 0.5) is 30.7 Å². The van der Waals surface area contributed by atoms with Gasteiger partial charge in [-0.2, -0.15) is 32.1 Å². The fourth-order valence-corrected chi connectivity index (χ4v) is 9.38. The lowest BCUT2D eigenvalue weighted by Gasteiger charge is -2.22. The lowest BCUT2D eigenvalue weighted by Crippen LogP contribution is -2.37. The second kappa shape index (κ2) is 15.1. The van der Waals surface area contributed by atoms with Gasteiger partial charge in [-0.1, -0.05) is 23.6 Å². The first-order valence-corrected chi connectivity index (χ1v) is 21.3. The SMILES string of the molecule is C=S(C)(=O)Cc1nn(C)c2c(-c3ccc(C#CC4CNCCO4)nc3[C@@H](CC(=O)Cn3nc(C(F)(F)F)c4c3C(F)(F)[C@@H]3C[C@H]43)Cc3cc(F)cc(F)c3)ccc(Cl)c12. The predicted molar refractivity (Wildman–Crippen MR) is 208 cm³/mol. The van der Waals surface area contributed by atoms with Crippen molar-refractivity contribution < 1.29 is 44.5 Å². The summed E-state index contributed by atoms with van der Waals surface area (Å²) in [5.74, 6) is 0.200. The summed E-state index contributed by atoms with van der Waals surface area (Å²) in [7, 11) is -0.926. The van der Waals surface area contributed by atoms with Crippen molar-refractivity contribution in [2.45, 2.75) is 61.6 Å². The number of morpholine rings is 1. The van der Waals surface area contributed by atoms with Gasteiger partial charge in [0.1, 0.15) is 35.7 Å². The summed E-state index contributed by atoms with van der Waals surface area (Å²) in [5, 5.41) is 12.1. The monoisotopic (exact) mass is 860 g/mol. The third-order valence-corrected chi connectivity index (χ3v) is 11.9. The number of halogens is 8. The summed E-state index contributed by atoms with van der Waals surface area (Å²) in [5.41, 5.74) is -0.571. The molecule has 4 heterocycles. The van der Waals surface area contributed by atoms with Crippen LogP contribution in [0.2, 0.25) is 5.02 Å². The molecule has 18 heteroatoms. The Bertz CT molecular complexity index is 2680. The molecule has 2 fully saturated rings. The molecule has 3 aliphatic rings. The number of hydrogen-bond acceptors (Lipinski definition) is 7. The van der Waals surface area contributed by atoms with E-state index in [-0.39, 0.29) is 35.5 Å². The van der Waals surface area contributed by atoms with Crippen LogP contribution < -0.4 is 5.32 Å². The predicted octanol–water partition coefficient (Wildman–Crippen LogP) is 7.16. The second-order valence-corrected chi connectivity index (χ2v) is 18.5. The van der Waals surface area contributed by atoms with E-state index in [2.05, 4.69) is 33.2 Å². The Morgan fingerprint density at radius 3 is 2.54 bits per heavy atom. The third-order valence-electron chi connectivity index (χ3n) is 10.7. The summed E-state index contributed by atoms with van der Waals surface area (Å²) in [6.07, 6.45) is -4.87. The molecule has 2 unspecified atom stereocenters. The normalized spacial score (nSPS) is 21.0. The molecule has 0 bridgehead atoms. The van der Waals surface area contributed by atoms with Crippen molar-refractivity contribution in [1.29, 1.82) is 0 Å². The average Bonchev–Trinajstić information content (AvgIpc) is 3.68. The number of fused-ring (bicyclic) bond motifs is 4. The molecule has 2 aliphatic carbocycles. The van der Waals surface area contributed by atoms with Gasteiger partial charge < -0.3 is 10.1 Å². The number of aryl methyl sites for hydroxylation is 1. The molecule has 0 spiro atoms. The minimum atomic E-state index is -5.04. The Morgan fingerprint density at radius 1 is 1.14 bits per heavy atom. The van der Waals surface area contributed by atoms with Crippen molar-refractivity contribution >= 4 is 43.7 Å². The number of nitrogens with one attached hydrogen (secondary N) is 1. The number of ether oxygens (including phenoxy) is 1. The molecule has 5 aromatic rings. The van der Waals surface area contributed by atoms with Crippen LogP contribution in [0.25, 0.3) is 22.0 Å². The molecule has 3 aromatic heterocycles. The number of alkyl halides is 5. The van der Waals surface area contributed by atoms with Crippen LogP contribution in [0, 0.1) is 29.4 Å². The number of hydrogen-bond donors (Lipinski definition) is 1. The first-order chi connectivity index (χ1) is 27.8. The van der Waals surface area contributed by atoms with Crippen molar-refractivity contribution in [1.82, 2.24) is 29.9 Å². The van der Waals surface area contributed by atoms with Crippen molar-refractivity contribution in [3.8, 4) is 23.0 Å². The lowest BCUT2D eigenvalue weighted by atomic mass is 9.86. The molecule has 2 aromatic carbocycles. The molecule has 1 saturated heterocycles. The fraction of sp³-hybridized carbons (Fsp3) is 0.390. The van der Waals surface area contributed by atoms with E-state index >= 15 is 8.78 Å². The van der Waals surface area contributed by atoms with Crippen molar-refractivity contribution in [3.63, 3.8) is 0 Å². The van der Waals surface area contributed by atoms with E-state index < -0.39 is 92.8 Å². The van der Waals surface area contributed by atoms with E-state index in [0.717, 1.165) is 12.1 Å². The summed E-state index contributed by atoms with van der Waals surface area (Å²) in [6.45, 7) is 0.610. The zero-order valence-corrected chi connectivity index (χ0v) is 33.2. The van der Waals surface area contributed by atoms with Gasteiger partial charge in [0, 0.05) is 72.8 Å². The van der Waals surface area contributed by atoms with E-state index in [0.29, 0.717) is 63.2 Å². The van der Waals surface area contributed by atoms with Gasteiger partial charge in [-0.3, -0.25) is 18.4 Å².